The molecule has 0 saturated heterocycles. The van der Waals surface area contributed by atoms with Gasteiger partial charge >= 0.3 is 0 Å². The Morgan fingerprint density at radius 1 is 1.25 bits per heavy atom. The molecule has 2 unspecified atom stereocenters. The van der Waals surface area contributed by atoms with E-state index in [9.17, 15) is 0 Å². The molecule has 1 N–H and O–H groups in total. The van der Waals surface area contributed by atoms with Gasteiger partial charge in [0.05, 0.1) is 6.10 Å². The normalized spacial score (nSPS) is 26.7. The molecule has 0 bridgehead atoms. The van der Waals surface area contributed by atoms with Gasteiger partial charge in [-0.15, -0.1) is 0 Å². The molecule has 2 atom stereocenters. The predicted molar refractivity (Wildman–Crippen MR) is 80.6 cm³/mol. The second-order valence-electron chi connectivity index (χ2n) is 7.05. The Morgan fingerprint density at radius 3 is 2.70 bits per heavy atom. The lowest BCUT2D eigenvalue weighted by Crippen LogP contribution is -2.35. The van der Waals surface area contributed by atoms with Gasteiger partial charge in [-0.3, -0.25) is 0 Å². The first kappa shape index (κ1) is 13.7. The van der Waals surface area contributed by atoms with E-state index in [0.29, 0.717) is 12.1 Å². The molecule has 0 radical (unpaired) electrons. The summed E-state index contributed by atoms with van der Waals surface area (Å²) in [4.78, 5) is 0. The molecule has 0 spiro atoms. The number of hydrogen-bond donors (Lipinski definition) is 1. The first-order chi connectivity index (χ1) is 9.35. The fraction of sp³-hybridized carbons (Fsp3) is 0.647. The maximum absolute atomic E-state index is 6.14. The SMILES string of the molecule is CC(C)NC1CC(C)Oc2c1ccc1c2OC(C)(C)C1. The molecule has 3 heteroatoms. The number of ether oxygens (including phenoxy) is 2. The summed E-state index contributed by atoms with van der Waals surface area (Å²) < 4.78 is 12.3. The lowest BCUT2D eigenvalue weighted by atomic mass is 9.93. The lowest BCUT2D eigenvalue weighted by molar-refractivity contribution is 0.116. The smallest absolute Gasteiger partial charge is 0.166 e. The van der Waals surface area contributed by atoms with Crippen molar-refractivity contribution in [1.82, 2.24) is 5.32 Å². The minimum absolute atomic E-state index is 0.123. The zero-order chi connectivity index (χ0) is 14.5. The number of rotatable bonds is 2. The summed E-state index contributed by atoms with van der Waals surface area (Å²) in [6, 6.07) is 5.23. The Bertz CT molecular complexity index is 522. The molecule has 3 rings (SSSR count). The van der Waals surface area contributed by atoms with Crippen molar-refractivity contribution in [1.29, 1.82) is 0 Å². The van der Waals surface area contributed by atoms with E-state index in [1.807, 2.05) is 0 Å². The third-order valence-corrected chi connectivity index (χ3v) is 4.02. The van der Waals surface area contributed by atoms with E-state index >= 15 is 0 Å². The van der Waals surface area contributed by atoms with E-state index < -0.39 is 0 Å². The van der Waals surface area contributed by atoms with Crippen molar-refractivity contribution < 1.29 is 9.47 Å². The van der Waals surface area contributed by atoms with Crippen LogP contribution >= 0.6 is 0 Å². The molecule has 20 heavy (non-hydrogen) atoms. The van der Waals surface area contributed by atoms with Crippen molar-refractivity contribution >= 4 is 0 Å². The maximum Gasteiger partial charge on any atom is 0.166 e. The van der Waals surface area contributed by atoms with Gasteiger partial charge in [-0.2, -0.15) is 0 Å². The third-order valence-electron chi connectivity index (χ3n) is 4.02. The highest BCUT2D eigenvalue weighted by Crippen LogP contribution is 2.48. The van der Waals surface area contributed by atoms with Crippen LogP contribution in [-0.4, -0.2) is 17.7 Å². The number of hydrogen-bond acceptors (Lipinski definition) is 3. The fourth-order valence-electron chi connectivity index (χ4n) is 3.31. The van der Waals surface area contributed by atoms with Gasteiger partial charge in [-0.1, -0.05) is 26.0 Å². The standard InChI is InChI=1S/C17H25NO2/c1-10(2)18-14-8-11(3)19-16-13(14)7-6-12-9-17(4,5)20-15(12)16/h6-7,10-11,14,18H,8-9H2,1-5H3. The predicted octanol–water partition coefficient (Wildman–Crippen LogP) is 3.61. The summed E-state index contributed by atoms with van der Waals surface area (Å²) in [5.41, 5.74) is 2.39. The largest absolute Gasteiger partial charge is 0.486 e. The van der Waals surface area contributed by atoms with E-state index in [1.54, 1.807) is 0 Å². The van der Waals surface area contributed by atoms with Gasteiger partial charge < -0.3 is 14.8 Å². The first-order valence-corrected chi connectivity index (χ1v) is 7.63. The highest BCUT2D eigenvalue weighted by atomic mass is 16.5. The van der Waals surface area contributed by atoms with Gasteiger partial charge in [0.15, 0.2) is 11.5 Å². The van der Waals surface area contributed by atoms with Crippen LogP contribution in [0.15, 0.2) is 12.1 Å². The second kappa shape index (κ2) is 4.66. The van der Waals surface area contributed by atoms with E-state index in [1.165, 1.54) is 11.1 Å². The lowest BCUT2D eigenvalue weighted by Gasteiger charge is -2.33. The highest BCUT2D eigenvalue weighted by molar-refractivity contribution is 5.56. The van der Waals surface area contributed by atoms with Crippen molar-refractivity contribution in [3.8, 4) is 11.5 Å². The summed E-state index contributed by atoms with van der Waals surface area (Å²) in [5, 5.41) is 3.64. The van der Waals surface area contributed by atoms with Gasteiger partial charge in [0, 0.05) is 36.1 Å². The van der Waals surface area contributed by atoms with Crippen LogP contribution in [0.1, 0.15) is 58.2 Å². The molecule has 1 aromatic rings. The van der Waals surface area contributed by atoms with Crippen molar-refractivity contribution in [3.63, 3.8) is 0 Å². The molecule has 2 heterocycles. The molecular formula is C17H25NO2. The summed E-state index contributed by atoms with van der Waals surface area (Å²) in [6.45, 7) is 10.8. The van der Waals surface area contributed by atoms with Gasteiger partial charge in [0.1, 0.15) is 5.60 Å². The van der Waals surface area contributed by atoms with Crippen LogP contribution in [0, 0.1) is 0 Å². The Kier molecular flexibility index (Phi) is 3.20. The molecule has 0 fully saturated rings. The monoisotopic (exact) mass is 275 g/mol. The van der Waals surface area contributed by atoms with Crippen molar-refractivity contribution in [2.75, 3.05) is 0 Å². The van der Waals surface area contributed by atoms with Crippen LogP contribution < -0.4 is 14.8 Å². The van der Waals surface area contributed by atoms with Gasteiger partial charge in [-0.05, 0) is 20.8 Å². The minimum atomic E-state index is -0.123. The number of benzene rings is 1. The van der Waals surface area contributed by atoms with Crippen LogP contribution in [0.25, 0.3) is 0 Å². The van der Waals surface area contributed by atoms with E-state index in [0.717, 1.165) is 24.3 Å². The van der Waals surface area contributed by atoms with Crippen LogP contribution in [0.2, 0.25) is 0 Å². The fourth-order valence-corrected chi connectivity index (χ4v) is 3.31. The topological polar surface area (TPSA) is 30.5 Å². The Morgan fingerprint density at radius 2 is 2.00 bits per heavy atom. The number of fused-ring (bicyclic) bond motifs is 3. The zero-order valence-corrected chi connectivity index (χ0v) is 13.1. The Hall–Kier alpha value is -1.22. The quantitative estimate of drug-likeness (QED) is 0.894. The Balaban J connectivity index is 2.01. The van der Waals surface area contributed by atoms with E-state index in [2.05, 4.69) is 52.1 Å². The van der Waals surface area contributed by atoms with E-state index in [-0.39, 0.29) is 11.7 Å². The van der Waals surface area contributed by atoms with Crippen LogP contribution in [-0.2, 0) is 6.42 Å². The molecule has 0 saturated carbocycles. The van der Waals surface area contributed by atoms with Gasteiger partial charge in [-0.25, -0.2) is 0 Å². The summed E-state index contributed by atoms with van der Waals surface area (Å²) in [5.74, 6) is 1.93. The van der Waals surface area contributed by atoms with E-state index in [4.69, 9.17) is 9.47 Å². The molecule has 0 aliphatic carbocycles. The summed E-state index contributed by atoms with van der Waals surface area (Å²) >= 11 is 0. The van der Waals surface area contributed by atoms with Crippen LogP contribution in [0.4, 0.5) is 0 Å². The molecule has 3 nitrogen and oxygen atoms in total. The average Bonchev–Trinajstić information content (AvgIpc) is 2.62. The average molecular weight is 275 g/mol. The second-order valence-corrected chi connectivity index (χ2v) is 7.05. The maximum atomic E-state index is 6.14. The van der Waals surface area contributed by atoms with Crippen molar-refractivity contribution in [3.05, 3.63) is 23.3 Å². The van der Waals surface area contributed by atoms with Crippen LogP contribution in [0.5, 0.6) is 11.5 Å². The third kappa shape index (κ3) is 2.39. The van der Waals surface area contributed by atoms with Gasteiger partial charge in [0.25, 0.3) is 0 Å². The molecule has 0 amide bonds. The van der Waals surface area contributed by atoms with Gasteiger partial charge in [0.2, 0.25) is 0 Å². The molecule has 1 aromatic carbocycles. The first-order valence-electron chi connectivity index (χ1n) is 7.63. The molecule has 2 aliphatic heterocycles. The zero-order valence-electron chi connectivity index (χ0n) is 13.1. The summed E-state index contributed by atoms with van der Waals surface area (Å²) in [6.07, 6.45) is 2.18. The molecule has 2 aliphatic rings. The summed E-state index contributed by atoms with van der Waals surface area (Å²) in [7, 11) is 0. The van der Waals surface area contributed by atoms with Crippen molar-refractivity contribution in [2.45, 2.75) is 71.2 Å². The highest BCUT2D eigenvalue weighted by Gasteiger charge is 2.37. The number of nitrogens with one attached hydrogen (secondary N) is 1. The Labute approximate surface area is 121 Å². The molecular weight excluding hydrogens is 250 g/mol. The van der Waals surface area contributed by atoms with Crippen molar-refractivity contribution in [2.24, 2.45) is 0 Å². The molecule has 0 aromatic heterocycles. The van der Waals surface area contributed by atoms with Crippen LogP contribution in [0.3, 0.4) is 0 Å². The molecule has 110 valence electrons. The minimum Gasteiger partial charge on any atom is -0.486 e.